The molecule has 1 aromatic rings. The molecule has 0 radical (unpaired) electrons. The van der Waals surface area contributed by atoms with Crippen LogP contribution < -0.4 is 15.5 Å². The Labute approximate surface area is 58.5 Å². The molecule has 0 unspecified atom stereocenters. The summed E-state index contributed by atoms with van der Waals surface area (Å²) in [6, 6.07) is 5.10. The second-order valence-electron chi connectivity index (χ2n) is 1.64. The van der Waals surface area contributed by atoms with E-state index in [4.69, 9.17) is 10.6 Å². The Balaban J connectivity index is 2.87. The van der Waals surface area contributed by atoms with E-state index in [1.54, 1.807) is 18.2 Å². The van der Waals surface area contributed by atoms with Crippen LogP contribution in [0.25, 0.3) is 0 Å². The van der Waals surface area contributed by atoms with Crippen molar-refractivity contribution in [1.82, 2.24) is 4.98 Å². The van der Waals surface area contributed by atoms with Gasteiger partial charge in [-0.25, -0.2) is 0 Å². The molecule has 0 aliphatic carbocycles. The molecule has 1 aromatic heterocycles. The molecular weight excluding hydrogens is 132 g/mol. The second kappa shape index (κ2) is 3.03. The van der Waals surface area contributed by atoms with Crippen molar-refractivity contribution in [3.8, 4) is 11.8 Å². The number of pyridine rings is 1. The van der Waals surface area contributed by atoms with Crippen LogP contribution >= 0.6 is 0 Å². The van der Waals surface area contributed by atoms with E-state index in [-0.39, 0.29) is 0 Å². The van der Waals surface area contributed by atoms with E-state index in [0.717, 1.165) is 0 Å². The van der Waals surface area contributed by atoms with Gasteiger partial charge in [-0.15, -0.1) is 0 Å². The summed E-state index contributed by atoms with van der Waals surface area (Å²) < 4.78 is 4.81. The summed E-state index contributed by atoms with van der Waals surface area (Å²) in [7, 11) is 1.53. The quantitative estimate of drug-likeness (QED) is 0.602. The molecule has 0 saturated carbocycles. The zero-order chi connectivity index (χ0) is 7.40. The first-order valence-corrected chi connectivity index (χ1v) is 2.74. The fourth-order valence-corrected chi connectivity index (χ4v) is 0.575. The first kappa shape index (κ1) is 6.82. The van der Waals surface area contributed by atoms with Crippen molar-refractivity contribution in [2.45, 2.75) is 0 Å². The summed E-state index contributed by atoms with van der Waals surface area (Å²) in [5, 5.41) is 0. The normalized spacial score (nSPS) is 9.00. The molecule has 2 N–H and O–H groups in total. The Kier molecular flexibility index (Phi) is 2.07. The van der Waals surface area contributed by atoms with Gasteiger partial charge in [-0.1, -0.05) is 6.07 Å². The highest BCUT2D eigenvalue weighted by atomic mass is 16.6. The lowest BCUT2D eigenvalue weighted by Gasteiger charge is -1.99. The first-order valence-electron chi connectivity index (χ1n) is 2.74. The number of nitrogens with two attached hydrogens (primary N) is 1. The third-order valence-corrected chi connectivity index (χ3v) is 1.03. The second-order valence-corrected chi connectivity index (χ2v) is 1.64. The molecule has 0 aliphatic rings. The van der Waals surface area contributed by atoms with Crippen molar-refractivity contribution < 1.29 is 9.57 Å². The van der Waals surface area contributed by atoms with Crippen LogP contribution in [0, 0.1) is 0 Å². The fourth-order valence-electron chi connectivity index (χ4n) is 0.575. The Bertz CT molecular complexity index is 195. The van der Waals surface area contributed by atoms with Crippen molar-refractivity contribution >= 4 is 0 Å². The third kappa shape index (κ3) is 1.35. The summed E-state index contributed by atoms with van der Waals surface area (Å²) in [6.45, 7) is 0. The molecule has 0 aliphatic heterocycles. The predicted molar refractivity (Wildman–Crippen MR) is 35.6 cm³/mol. The highest BCUT2D eigenvalue weighted by Crippen LogP contribution is 2.10. The smallest absolute Gasteiger partial charge is 0.240 e. The summed E-state index contributed by atoms with van der Waals surface area (Å²) in [4.78, 5) is 8.21. The van der Waals surface area contributed by atoms with Gasteiger partial charge in [0.25, 0.3) is 0 Å². The average molecular weight is 140 g/mol. The number of rotatable bonds is 2. The number of ether oxygens (including phenoxy) is 1. The van der Waals surface area contributed by atoms with E-state index in [2.05, 4.69) is 9.82 Å². The zero-order valence-electron chi connectivity index (χ0n) is 5.57. The van der Waals surface area contributed by atoms with Crippen molar-refractivity contribution in [2.24, 2.45) is 5.90 Å². The largest absolute Gasteiger partial charge is 0.481 e. The fraction of sp³-hybridized carbons (Fsp3) is 0.167. The van der Waals surface area contributed by atoms with Gasteiger partial charge in [0, 0.05) is 12.1 Å². The molecule has 4 nitrogen and oxygen atoms in total. The van der Waals surface area contributed by atoms with Crippen LogP contribution in [0.5, 0.6) is 11.8 Å². The highest BCUT2D eigenvalue weighted by molar-refractivity contribution is 5.19. The van der Waals surface area contributed by atoms with Crippen LogP contribution in [-0.4, -0.2) is 12.1 Å². The molecule has 1 heterocycles. The molecule has 10 heavy (non-hydrogen) atoms. The summed E-state index contributed by atoms with van der Waals surface area (Å²) in [6.07, 6.45) is 0. The van der Waals surface area contributed by atoms with Crippen molar-refractivity contribution in [3.05, 3.63) is 18.2 Å². The molecule has 0 atom stereocenters. The van der Waals surface area contributed by atoms with Gasteiger partial charge in [-0.3, -0.25) is 0 Å². The SMILES string of the molecule is COc1cccc(ON)n1. The minimum atomic E-state index is 0.347. The van der Waals surface area contributed by atoms with Gasteiger partial charge >= 0.3 is 0 Å². The maximum atomic E-state index is 4.86. The van der Waals surface area contributed by atoms with Crippen LogP contribution in [0.1, 0.15) is 0 Å². The van der Waals surface area contributed by atoms with Gasteiger partial charge in [0.15, 0.2) is 0 Å². The number of hydrogen-bond acceptors (Lipinski definition) is 4. The van der Waals surface area contributed by atoms with E-state index in [1.807, 2.05) is 0 Å². The van der Waals surface area contributed by atoms with Crippen molar-refractivity contribution in [1.29, 1.82) is 0 Å². The molecule has 1 rings (SSSR count). The van der Waals surface area contributed by atoms with E-state index in [9.17, 15) is 0 Å². The maximum absolute atomic E-state index is 4.86. The van der Waals surface area contributed by atoms with Gasteiger partial charge in [-0.05, 0) is 0 Å². The predicted octanol–water partition coefficient (Wildman–Crippen LogP) is 0.343. The Morgan fingerprint density at radius 1 is 1.40 bits per heavy atom. The zero-order valence-corrected chi connectivity index (χ0v) is 5.57. The van der Waals surface area contributed by atoms with Gasteiger partial charge in [0.05, 0.1) is 7.11 Å². The lowest BCUT2D eigenvalue weighted by atomic mass is 10.5. The van der Waals surface area contributed by atoms with E-state index in [1.165, 1.54) is 7.11 Å². The average Bonchev–Trinajstić information content (AvgIpc) is 2.05. The summed E-state index contributed by atoms with van der Waals surface area (Å²) in [5.41, 5.74) is 0. The van der Waals surface area contributed by atoms with Crippen LogP contribution in [-0.2, 0) is 0 Å². The lowest BCUT2D eigenvalue weighted by molar-refractivity contribution is 0.311. The molecule has 0 aromatic carbocycles. The Morgan fingerprint density at radius 2 is 2.10 bits per heavy atom. The summed E-state index contributed by atoms with van der Waals surface area (Å²) >= 11 is 0. The first-order chi connectivity index (χ1) is 4.86. The van der Waals surface area contributed by atoms with Gasteiger partial charge in [0.1, 0.15) is 0 Å². The Morgan fingerprint density at radius 3 is 2.70 bits per heavy atom. The number of methoxy groups -OCH3 is 1. The maximum Gasteiger partial charge on any atom is 0.240 e. The number of aromatic nitrogens is 1. The van der Waals surface area contributed by atoms with Gasteiger partial charge in [-0.2, -0.15) is 10.9 Å². The highest BCUT2D eigenvalue weighted by Gasteiger charge is 1.94. The molecule has 54 valence electrons. The van der Waals surface area contributed by atoms with Crippen LogP contribution in [0.2, 0.25) is 0 Å². The standard InChI is InChI=1S/C6H8N2O2/c1-9-5-3-2-4-6(8-5)10-7/h2-4H,7H2,1H3. The molecule has 0 fully saturated rings. The molecule has 0 saturated heterocycles. The lowest BCUT2D eigenvalue weighted by Crippen LogP contribution is -2.03. The molecular formula is C6H8N2O2. The molecule has 0 spiro atoms. The minimum absolute atomic E-state index is 0.347. The van der Waals surface area contributed by atoms with Crippen LogP contribution in [0.4, 0.5) is 0 Å². The van der Waals surface area contributed by atoms with Gasteiger partial charge < -0.3 is 9.57 Å². The van der Waals surface area contributed by atoms with Crippen molar-refractivity contribution in [2.75, 3.05) is 7.11 Å². The molecule has 0 bridgehead atoms. The molecule has 4 heteroatoms. The Hall–Kier alpha value is -1.29. The number of nitrogens with zero attached hydrogens (tertiary/aromatic N) is 1. The van der Waals surface area contributed by atoms with Gasteiger partial charge in [0.2, 0.25) is 11.8 Å². The third-order valence-electron chi connectivity index (χ3n) is 1.03. The van der Waals surface area contributed by atoms with E-state index >= 15 is 0 Å². The minimum Gasteiger partial charge on any atom is -0.481 e. The van der Waals surface area contributed by atoms with E-state index < -0.39 is 0 Å². The van der Waals surface area contributed by atoms with Crippen LogP contribution in [0.3, 0.4) is 0 Å². The monoisotopic (exact) mass is 140 g/mol. The summed E-state index contributed by atoms with van der Waals surface area (Å²) in [5.74, 6) is 5.69. The molecule has 0 amide bonds. The van der Waals surface area contributed by atoms with E-state index in [0.29, 0.717) is 11.8 Å². The number of hydrogen-bond donors (Lipinski definition) is 1. The topological polar surface area (TPSA) is 57.4 Å². The van der Waals surface area contributed by atoms with Crippen LogP contribution in [0.15, 0.2) is 18.2 Å². The van der Waals surface area contributed by atoms with Crippen molar-refractivity contribution in [3.63, 3.8) is 0 Å².